The molecule has 0 saturated carbocycles. The summed E-state index contributed by atoms with van der Waals surface area (Å²) in [5.74, 6) is 2.19. The highest BCUT2D eigenvalue weighted by Crippen LogP contribution is 2.27. The summed E-state index contributed by atoms with van der Waals surface area (Å²) in [6.45, 7) is 9.86. The number of aromatic nitrogens is 2. The smallest absolute Gasteiger partial charge is 0.191 e. The summed E-state index contributed by atoms with van der Waals surface area (Å²) in [6, 6.07) is 10.7. The first-order chi connectivity index (χ1) is 14.7. The largest absolute Gasteiger partial charge is 0.497 e. The second kappa shape index (κ2) is 13.6. The number of aliphatic imine (C=N–C) groups is 1. The van der Waals surface area contributed by atoms with Crippen molar-refractivity contribution in [3.63, 3.8) is 0 Å². The molecule has 1 saturated heterocycles. The van der Waals surface area contributed by atoms with E-state index in [0.717, 1.165) is 51.0 Å². The van der Waals surface area contributed by atoms with Crippen molar-refractivity contribution in [2.45, 2.75) is 39.3 Å². The first-order valence-corrected chi connectivity index (χ1v) is 11.1. The number of likely N-dealkylation sites (tertiary alicyclic amines) is 1. The lowest BCUT2D eigenvalue weighted by atomic mass is 10.1. The molecule has 31 heavy (non-hydrogen) atoms. The summed E-state index contributed by atoms with van der Waals surface area (Å²) in [4.78, 5) is 7.39. The van der Waals surface area contributed by atoms with E-state index in [0.29, 0.717) is 12.0 Å². The predicted molar refractivity (Wildman–Crippen MR) is 137 cm³/mol. The van der Waals surface area contributed by atoms with E-state index >= 15 is 0 Å². The van der Waals surface area contributed by atoms with Crippen LogP contribution < -0.4 is 15.4 Å². The Balaban J connectivity index is 0.00000341. The van der Waals surface area contributed by atoms with Crippen molar-refractivity contribution < 1.29 is 4.74 Å². The topological polar surface area (TPSA) is 66.7 Å². The number of benzene rings is 1. The molecule has 0 aliphatic carbocycles. The van der Waals surface area contributed by atoms with Crippen molar-refractivity contribution in [1.82, 2.24) is 25.3 Å². The number of nitrogens with one attached hydrogen (secondary N) is 2. The summed E-state index contributed by atoms with van der Waals surface area (Å²) >= 11 is 0. The lowest BCUT2D eigenvalue weighted by molar-refractivity contribution is 0.245. The standard InChI is InChI=1S/C23H36N6O.HI/c1-4-24-23(25-16-19(2)18-29-14-8-11-27-29)26-17-22(28-12-5-6-13-28)20-9-7-10-21(15-20)30-3;/h7-11,14-15,19,22H,4-6,12-13,16-18H2,1-3H3,(H2,24,25,26);1H. The first-order valence-electron chi connectivity index (χ1n) is 11.1. The van der Waals surface area contributed by atoms with E-state index in [1.165, 1.54) is 18.4 Å². The summed E-state index contributed by atoms with van der Waals surface area (Å²) in [6.07, 6.45) is 6.34. The molecule has 0 radical (unpaired) electrons. The van der Waals surface area contributed by atoms with Gasteiger partial charge in [-0.3, -0.25) is 14.6 Å². The van der Waals surface area contributed by atoms with Crippen LogP contribution >= 0.6 is 24.0 Å². The third-order valence-electron chi connectivity index (χ3n) is 5.49. The van der Waals surface area contributed by atoms with E-state index < -0.39 is 0 Å². The molecule has 2 aromatic rings. The van der Waals surface area contributed by atoms with Crippen LogP contribution in [-0.4, -0.2) is 60.5 Å². The second-order valence-corrected chi connectivity index (χ2v) is 7.97. The number of nitrogens with zero attached hydrogens (tertiary/aromatic N) is 4. The molecule has 2 N–H and O–H groups in total. The highest BCUT2D eigenvalue weighted by molar-refractivity contribution is 14.0. The van der Waals surface area contributed by atoms with Gasteiger partial charge in [-0.15, -0.1) is 24.0 Å². The minimum atomic E-state index is 0. The molecule has 2 unspecified atom stereocenters. The minimum absolute atomic E-state index is 0. The second-order valence-electron chi connectivity index (χ2n) is 7.97. The molecule has 172 valence electrons. The summed E-state index contributed by atoms with van der Waals surface area (Å²) in [5.41, 5.74) is 1.28. The third-order valence-corrected chi connectivity index (χ3v) is 5.49. The molecular weight excluding hydrogens is 503 g/mol. The quantitative estimate of drug-likeness (QED) is 0.274. The maximum absolute atomic E-state index is 5.46. The Morgan fingerprint density at radius 3 is 2.71 bits per heavy atom. The Morgan fingerprint density at radius 2 is 2.03 bits per heavy atom. The Kier molecular flexibility index (Phi) is 11.1. The molecule has 8 heteroatoms. The van der Waals surface area contributed by atoms with Gasteiger partial charge in [0.2, 0.25) is 0 Å². The SMILES string of the molecule is CCNC(=NCC(C)Cn1cccn1)NCC(c1cccc(OC)c1)N1CCCC1.I. The predicted octanol–water partition coefficient (Wildman–Crippen LogP) is 3.54. The molecule has 1 fully saturated rings. The van der Waals surface area contributed by atoms with Crippen molar-refractivity contribution >= 4 is 29.9 Å². The average Bonchev–Trinajstić information content (AvgIpc) is 3.47. The van der Waals surface area contributed by atoms with Crippen molar-refractivity contribution in [2.75, 3.05) is 39.8 Å². The van der Waals surface area contributed by atoms with Crippen LogP contribution in [0.3, 0.4) is 0 Å². The van der Waals surface area contributed by atoms with Crippen LogP contribution in [0, 0.1) is 5.92 Å². The molecule has 2 atom stereocenters. The molecule has 1 aromatic carbocycles. The fourth-order valence-corrected chi connectivity index (χ4v) is 3.93. The zero-order valence-corrected chi connectivity index (χ0v) is 21.3. The summed E-state index contributed by atoms with van der Waals surface area (Å²) in [7, 11) is 1.72. The van der Waals surface area contributed by atoms with Crippen LogP contribution in [0.15, 0.2) is 47.7 Å². The maximum atomic E-state index is 5.46. The highest BCUT2D eigenvalue weighted by atomic mass is 127. The Bertz CT molecular complexity index is 776. The Labute approximate surface area is 203 Å². The van der Waals surface area contributed by atoms with Gasteiger partial charge in [0.1, 0.15) is 5.75 Å². The van der Waals surface area contributed by atoms with Crippen molar-refractivity contribution in [3.05, 3.63) is 48.3 Å². The average molecular weight is 540 g/mol. The van der Waals surface area contributed by atoms with Gasteiger partial charge in [0.05, 0.1) is 13.2 Å². The summed E-state index contributed by atoms with van der Waals surface area (Å²) < 4.78 is 7.42. The molecule has 0 bridgehead atoms. The Morgan fingerprint density at radius 1 is 1.23 bits per heavy atom. The van der Waals surface area contributed by atoms with Crippen LogP contribution in [-0.2, 0) is 6.54 Å². The number of rotatable bonds is 10. The number of ether oxygens (including phenoxy) is 1. The molecule has 0 spiro atoms. The normalized spacial score (nSPS) is 16.4. The lowest BCUT2D eigenvalue weighted by Gasteiger charge is -2.29. The number of methoxy groups -OCH3 is 1. The zero-order chi connectivity index (χ0) is 21.2. The summed E-state index contributed by atoms with van der Waals surface area (Å²) in [5, 5.41) is 11.3. The van der Waals surface area contributed by atoms with Crippen molar-refractivity contribution in [3.8, 4) is 5.75 Å². The van der Waals surface area contributed by atoms with Gasteiger partial charge in [-0.05, 0) is 62.5 Å². The van der Waals surface area contributed by atoms with Gasteiger partial charge in [0.15, 0.2) is 5.96 Å². The van der Waals surface area contributed by atoms with Crippen LogP contribution in [0.1, 0.15) is 38.3 Å². The van der Waals surface area contributed by atoms with Gasteiger partial charge in [-0.1, -0.05) is 19.1 Å². The van der Waals surface area contributed by atoms with E-state index in [1.807, 2.05) is 29.2 Å². The van der Waals surface area contributed by atoms with Gasteiger partial charge < -0.3 is 15.4 Å². The maximum Gasteiger partial charge on any atom is 0.191 e. The van der Waals surface area contributed by atoms with Gasteiger partial charge >= 0.3 is 0 Å². The fourth-order valence-electron chi connectivity index (χ4n) is 3.93. The number of hydrogen-bond donors (Lipinski definition) is 2. The highest BCUT2D eigenvalue weighted by Gasteiger charge is 2.24. The monoisotopic (exact) mass is 540 g/mol. The van der Waals surface area contributed by atoms with Crippen LogP contribution in [0.5, 0.6) is 5.75 Å². The van der Waals surface area contributed by atoms with E-state index in [9.17, 15) is 0 Å². The zero-order valence-electron chi connectivity index (χ0n) is 19.0. The molecule has 2 heterocycles. The minimum Gasteiger partial charge on any atom is -0.497 e. The Hall–Kier alpha value is -1.81. The van der Waals surface area contributed by atoms with E-state index in [1.54, 1.807) is 7.11 Å². The fraction of sp³-hybridized carbons (Fsp3) is 0.565. The molecule has 7 nitrogen and oxygen atoms in total. The number of hydrogen-bond acceptors (Lipinski definition) is 4. The van der Waals surface area contributed by atoms with Gasteiger partial charge in [-0.25, -0.2) is 0 Å². The molecule has 1 aliphatic rings. The van der Waals surface area contributed by atoms with Crippen LogP contribution in [0.25, 0.3) is 0 Å². The van der Waals surface area contributed by atoms with Crippen LogP contribution in [0.2, 0.25) is 0 Å². The van der Waals surface area contributed by atoms with Gasteiger partial charge in [-0.2, -0.15) is 5.10 Å². The molecular formula is C23H37IN6O. The van der Waals surface area contributed by atoms with Crippen LogP contribution in [0.4, 0.5) is 0 Å². The van der Waals surface area contributed by atoms with E-state index in [4.69, 9.17) is 9.73 Å². The molecule has 3 rings (SSSR count). The van der Waals surface area contributed by atoms with Gasteiger partial charge in [0, 0.05) is 38.6 Å². The van der Waals surface area contributed by atoms with Crippen molar-refractivity contribution in [1.29, 1.82) is 0 Å². The first kappa shape index (κ1) is 25.5. The van der Waals surface area contributed by atoms with Gasteiger partial charge in [0.25, 0.3) is 0 Å². The lowest BCUT2D eigenvalue weighted by Crippen LogP contribution is -2.43. The molecule has 1 aromatic heterocycles. The van der Waals surface area contributed by atoms with E-state index in [2.05, 4.69) is 52.7 Å². The number of halogens is 1. The van der Waals surface area contributed by atoms with Crippen molar-refractivity contribution in [2.24, 2.45) is 10.9 Å². The third kappa shape index (κ3) is 7.99. The number of guanidine groups is 1. The molecule has 1 aliphatic heterocycles. The molecule has 0 amide bonds. The van der Waals surface area contributed by atoms with E-state index in [-0.39, 0.29) is 24.0 Å².